The van der Waals surface area contributed by atoms with Gasteiger partial charge in [-0.3, -0.25) is 9.69 Å². The average Bonchev–Trinajstić information content (AvgIpc) is 2.81. The smallest absolute Gasteiger partial charge is 0.268 e. The van der Waals surface area contributed by atoms with Crippen LogP contribution in [-0.2, 0) is 9.53 Å². The Morgan fingerprint density at radius 1 is 1.55 bits per heavy atom. The zero-order valence-corrected chi connectivity index (χ0v) is 12.1. The Kier molecular flexibility index (Phi) is 6.78. The normalized spacial score (nSPS) is 25.1. The van der Waals surface area contributed by atoms with Gasteiger partial charge in [-0.05, 0) is 26.7 Å². The Balaban J connectivity index is 2.31. The Morgan fingerprint density at radius 3 is 2.80 bits per heavy atom. The van der Waals surface area contributed by atoms with Gasteiger partial charge in [-0.15, -0.1) is 0 Å². The minimum Gasteiger partial charge on any atom is -0.383 e. The van der Waals surface area contributed by atoms with Crippen LogP contribution < -0.4 is 5.32 Å². The molecular weight excluding hydrogens is 270 g/mol. The van der Waals surface area contributed by atoms with Gasteiger partial charge >= 0.3 is 0 Å². The predicted octanol–water partition coefficient (Wildman–Crippen LogP) is 0.620. The van der Waals surface area contributed by atoms with E-state index in [2.05, 4.69) is 5.32 Å². The number of ether oxygens (including phenoxy) is 1. The van der Waals surface area contributed by atoms with Gasteiger partial charge in [0.2, 0.25) is 5.91 Å². The summed E-state index contributed by atoms with van der Waals surface area (Å²) < 4.78 is 30.5. The van der Waals surface area contributed by atoms with Crippen molar-refractivity contribution in [2.75, 3.05) is 32.8 Å². The summed E-state index contributed by atoms with van der Waals surface area (Å²) in [6.07, 6.45) is -2.08. The first kappa shape index (κ1) is 17.3. The van der Waals surface area contributed by atoms with Crippen LogP contribution in [0.5, 0.6) is 0 Å². The number of hydrogen-bond acceptors (Lipinski definition) is 4. The van der Waals surface area contributed by atoms with E-state index >= 15 is 0 Å². The summed E-state index contributed by atoms with van der Waals surface area (Å²) in [5.41, 5.74) is -1.98. The fourth-order valence-corrected chi connectivity index (χ4v) is 2.20. The van der Waals surface area contributed by atoms with Crippen LogP contribution in [0, 0.1) is 0 Å². The number of carbonyl (C=O) groups is 1. The molecule has 1 rings (SSSR count). The summed E-state index contributed by atoms with van der Waals surface area (Å²) in [4.78, 5) is 13.5. The highest BCUT2D eigenvalue weighted by molar-refractivity contribution is 5.81. The Labute approximate surface area is 118 Å². The van der Waals surface area contributed by atoms with Gasteiger partial charge in [-0.25, -0.2) is 8.78 Å². The van der Waals surface area contributed by atoms with Crippen molar-refractivity contribution in [2.24, 2.45) is 0 Å². The van der Waals surface area contributed by atoms with Crippen molar-refractivity contribution in [3.05, 3.63) is 0 Å². The van der Waals surface area contributed by atoms with Gasteiger partial charge in [0.25, 0.3) is 6.43 Å². The standard InChI is InChI=1S/C13H24F2N2O3/c1-3-20-8-4-6-16-11(18)10(2)17-7-5-13(19,9-17)12(14)15/h10,12,19H,3-9H2,1-2H3,(H,16,18). The van der Waals surface area contributed by atoms with E-state index in [1.165, 1.54) is 0 Å². The van der Waals surface area contributed by atoms with Crippen LogP contribution in [0.25, 0.3) is 0 Å². The molecule has 1 heterocycles. The molecule has 1 aliphatic rings. The third-order valence-electron chi connectivity index (χ3n) is 3.61. The number of carbonyl (C=O) groups excluding carboxylic acids is 1. The zero-order valence-electron chi connectivity index (χ0n) is 12.1. The quantitative estimate of drug-likeness (QED) is 0.644. The summed E-state index contributed by atoms with van der Waals surface area (Å²) in [6.45, 7) is 5.42. The summed E-state index contributed by atoms with van der Waals surface area (Å²) >= 11 is 0. The molecule has 0 aromatic carbocycles. The molecule has 118 valence electrons. The molecule has 0 bridgehead atoms. The van der Waals surface area contributed by atoms with Crippen LogP contribution in [-0.4, -0.2) is 66.8 Å². The summed E-state index contributed by atoms with van der Waals surface area (Å²) in [5.74, 6) is -0.208. The van der Waals surface area contributed by atoms with E-state index in [9.17, 15) is 18.7 Å². The highest BCUT2D eigenvalue weighted by atomic mass is 19.3. The van der Waals surface area contributed by atoms with Crippen LogP contribution in [0.2, 0.25) is 0 Å². The molecule has 20 heavy (non-hydrogen) atoms. The number of nitrogens with one attached hydrogen (secondary N) is 1. The number of likely N-dealkylation sites (tertiary alicyclic amines) is 1. The van der Waals surface area contributed by atoms with Crippen molar-refractivity contribution in [2.45, 2.75) is 44.8 Å². The maximum Gasteiger partial charge on any atom is 0.268 e. The van der Waals surface area contributed by atoms with E-state index in [0.29, 0.717) is 32.7 Å². The molecule has 0 saturated carbocycles. The number of amides is 1. The second-order valence-electron chi connectivity index (χ2n) is 5.14. The maximum atomic E-state index is 12.7. The van der Waals surface area contributed by atoms with Crippen LogP contribution in [0.1, 0.15) is 26.7 Å². The topological polar surface area (TPSA) is 61.8 Å². The van der Waals surface area contributed by atoms with Gasteiger partial charge in [-0.2, -0.15) is 0 Å². The number of halogens is 2. The largest absolute Gasteiger partial charge is 0.383 e. The summed E-state index contributed by atoms with van der Waals surface area (Å²) in [5, 5.41) is 12.4. The average molecular weight is 294 g/mol. The lowest BCUT2D eigenvalue weighted by Crippen LogP contribution is -2.47. The van der Waals surface area contributed by atoms with E-state index in [1.54, 1.807) is 11.8 Å². The van der Waals surface area contributed by atoms with Crippen molar-refractivity contribution in [3.8, 4) is 0 Å². The maximum absolute atomic E-state index is 12.7. The predicted molar refractivity (Wildman–Crippen MR) is 70.7 cm³/mol. The van der Waals surface area contributed by atoms with E-state index in [1.807, 2.05) is 6.92 Å². The monoisotopic (exact) mass is 294 g/mol. The summed E-state index contributed by atoms with van der Waals surface area (Å²) in [6, 6.07) is -0.519. The molecule has 7 heteroatoms. The molecule has 2 N–H and O–H groups in total. The first-order valence-electron chi connectivity index (χ1n) is 7.00. The minimum atomic E-state index is -2.78. The minimum absolute atomic E-state index is 0.00731. The van der Waals surface area contributed by atoms with Crippen molar-refractivity contribution in [1.29, 1.82) is 0 Å². The Bertz CT molecular complexity index is 318. The van der Waals surface area contributed by atoms with Crippen LogP contribution in [0.15, 0.2) is 0 Å². The second-order valence-corrected chi connectivity index (χ2v) is 5.14. The molecule has 0 spiro atoms. The third-order valence-corrected chi connectivity index (χ3v) is 3.61. The van der Waals surface area contributed by atoms with Crippen LogP contribution >= 0.6 is 0 Å². The van der Waals surface area contributed by atoms with Crippen molar-refractivity contribution in [3.63, 3.8) is 0 Å². The van der Waals surface area contributed by atoms with Crippen LogP contribution in [0.4, 0.5) is 8.78 Å². The molecular formula is C13H24F2N2O3. The molecule has 1 saturated heterocycles. The first-order valence-corrected chi connectivity index (χ1v) is 7.00. The fourth-order valence-electron chi connectivity index (χ4n) is 2.20. The van der Waals surface area contributed by atoms with Crippen molar-refractivity contribution in [1.82, 2.24) is 10.2 Å². The van der Waals surface area contributed by atoms with Gasteiger partial charge < -0.3 is 15.2 Å². The number of hydrogen-bond donors (Lipinski definition) is 2. The molecule has 0 aromatic heterocycles. The molecule has 0 aliphatic carbocycles. The fraction of sp³-hybridized carbons (Fsp3) is 0.923. The number of nitrogens with zero attached hydrogens (tertiary/aromatic N) is 1. The molecule has 1 aliphatic heterocycles. The third kappa shape index (κ3) is 4.64. The highest BCUT2D eigenvalue weighted by Gasteiger charge is 2.45. The highest BCUT2D eigenvalue weighted by Crippen LogP contribution is 2.28. The molecule has 1 fully saturated rings. The molecule has 0 radical (unpaired) electrons. The van der Waals surface area contributed by atoms with E-state index < -0.39 is 18.1 Å². The molecule has 1 amide bonds. The van der Waals surface area contributed by atoms with E-state index in [-0.39, 0.29) is 18.9 Å². The van der Waals surface area contributed by atoms with E-state index in [0.717, 1.165) is 0 Å². The number of β-amino-alcohol motifs (C(OH)–C–C–N with tert-alkyl or cyclic N) is 1. The Morgan fingerprint density at radius 2 is 2.25 bits per heavy atom. The number of alkyl halides is 2. The lowest BCUT2D eigenvalue weighted by atomic mass is 10.1. The number of rotatable bonds is 8. The van der Waals surface area contributed by atoms with Gasteiger partial charge in [0.05, 0.1) is 6.04 Å². The lowest BCUT2D eigenvalue weighted by molar-refractivity contribution is -0.127. The molecule has 0 aromatic rings. The second kappa shape index (κ2) is 7.85. The van der Waals surface area contributed by atoms with Gasteiger partial charge in [0, 0.05) is 32.8 Å². The van der Waals surface area contributed by atoms with Gasteiger partial charge in [0.15, 0.2) is 0 Å². The lowest BCUT2D eigenvalue weighted by Gasteiger charge is -2.26. The first-order chi connectivity index (χ1) is 9.40. The van der Waals surface area contributed by atoms with Gasteiger partial charge in [0.1, 0.15) is 5.60 Å². The SMILES string of the molecule is CCOCCCNC(=O)C(C)N1CCC(O)(C(F)F)C1. The van der Waals surface area contributed by atoms with Crippen LogP contribution in [0.3, 0.4) is 0 Å². The van der Waals surface area contributed by atoms with Crippen molar-refractivity contribution >= 4 is 5.91 Å². The van der Waals surface area contributed by atoms with Crippen molar-refractivity contribution < 1.29 is 23.4 Å². The number of aliphatic hydroxyl groups is 1. The van der Waals surface area contributed by atoms with E-state index in [4.69, 9.17) is 4.74 Å². The molecule has 2 unspecified atom stereocenters. The molecule has 2 atom stereocenters. The zero-order chi connectivity index (χ0) is 15.2. The Hall–Kier alpha value is -0.790. The van der Waals surface area contributed by atoms with Gasteiger partial charge in [-0.1, -0.05) is 0 Å². The molecule has 5 nitrogen and oxygen atoms in total. The summed E-state index contributed by atoms with van der Waals surface area (Å²) in [7, 11) is 0.